The third-order valence-electron chi connectivity index (χ3n) is 6.29. The fraction of sp³-hybridized carbons (Fsp3) is 0.250. The van der Waals surface area contributed by atoms with Crippen LogP contribution in [0.3, 0.4) is 0 Å². The zero-order valence-electron chi connectivity index (χ0n) is 22.3. The van der Waals surface area contributed by atoms with Crippen molar-refractivity contribution < 1.29 is 5.11 Å². The molecule has 0 unspecified atom stereocenters. The number of aryl methyl sites for hydroxylation is 1. The molecule has 0 fully saturated rings. The third-order valence-corrected chi connectivity index (χ3v) is 6.29. The molecular formula is C32H36N6O. The van der Waals surface area contributed by atoms with E-state index in [1.807, 2.05) is 48.5 Å². The summed E-state index contributed by atoms with van der Waals surface area (Å²) in [5.41, 5.74) is 9.13. The fourth-order valence-corrected chi connectivity index (χ4v) is 4.58. The molecule has 2 aromatic heterocycles. The molecule has 0 aliphatic carbocycles. The van der Waals surface area contributed by atoms with E-state index in [4.69, 9.17) is 10.2 Å². The van der Waals surface area contributed by atoms with Crippen LogP contribution in [-0.4, -0.2) is 35.1 Å². The maximum absolute atomic E-state index is 10.9. The number of aromatic nitrogens is 6. The molecule has 6 aromatic rings. The number of phenols is 1. The summed E-state index contributed by atoms with van der Waals surface area (Å²) >= 11 is 0. The Morgan fingerprint density at radius 2 is 1.18 bits per heavy atom. The van der Waals surface area contributed by atoms with Gasteiger partial charge in [-0.3, -0.25) is 0 Å². The molecule has 0 spiro atoms. The van der Waals surface area contributed by atoms with Crippen LogP contribution in [0.2, 0.25) is 0 Å². The van der Waals surface area contributed by atoms with E-state index >= 15 is 0 Å². The first-order valence-corrected chi connectivity index (χ1v) is 13.1. The van der Waals surface area contributed by atoms with Gasteiger partial charge in [0, 0.05) is 12.5 Å². The Balaban J connectivity index is 0.000000845. The maximum Gasteiger partial charge on any atom is 0.121 e. The Labute approximate surface area is 229 Å². The van der Waals surface area contributed by atoms with Crippen molar-refractivity contribution in [2.75, 3.05) is 0 Å². The summed E-state index contributed by atoms with van der Waals surface area (Å²) in [6, 6.07) is 25.7. The van der Waals surface area contributed by atoms with Crippen LogP contribution in [-0.2, 0) is 12.8 Å². The van der Waals surface area contributed by atoms with E-state index in [1.165, 1.54) is 6.42 Å². The molecule has 0 saturated heterocycles. The lowest BCUT2D eigenvalue weighted by Gasteiger charge is -2.15. The Kier molecular flexibility index (Phi) is 8.39. The van der Waals surface area contributed by atoms with Crippen molar-refractivity contribution in [3.05, 3.63) is 101 Å². The van der Waals surface area contributed by atoms with Gasteiger partial charge in [0.1, 0.15) is 27.8 Å². The molecule has 39 heavy (non-hydrogen) atoms. The molecule has 4 aromatic carbocycles. The predicted octanol–water partition coefficient (Wildman–Crippen LogP) is 7.37. The number of fused-ring (bicyclic) bond motifs is 2. The highest BCUT2D eigenvalue weighted by molar-refractivity contribution is 5.74. The van der Waals surface area contributed by atoms with Crippen molar-refractivity contribution in [2.45, 2.75) is 54.4 Å². The van der Waals surface area contributed by atoms with E-state index < -0.39 is 0 Å². The van der Waals surface area contributed by atoms with Crippen LogP contribution >= 0.6 is 0 Å². The second kappa shape index (κ2) is 11.9. The molecule has 0 saturated carbocycles. The highest BCUT2D eigenvalue weighted by Gasteiger charge is 2.16. The summed E-state index contributed by atoms with van der Waals surface area (Å²) in [6.45, 7) is 8.38. The van der Waals surface area contributed by atoms with Gasteiger partial charge in [-0.25, -0.2) is 0 Å². The standard InChI is InChI=1S/C28H24N6O.C3H8.CH4/c1-3-22-19(16-21(17-28(22)35)33-29-23-8-4-5-9-24(23)30-33)15-20-14-18(2)12-13-27(20)34-31-25-10-6-7-11-26(25)32-34;1-3-2;/h4-14,16-17,35H,3,15H2,1-2H3;3H2,1-2H3;1H4. The molecule has 0 bridgehead atoms. The van der Waals surface area contributed by atoms with Crippen LogP contribution in [0.5, 0.6) is 5.75 Å². The molecule has 0 aliphatic heterocycles. The van der Waals surface area contributed by atoms with Gasteiger partial charge in [0.05, 0.1) is 11.4 Å². The van der Waals surface area contributed by atoms with Crippen molar-refractivity contribution >= 4 is 22.1 Å². The van der Waals surface area contributed by atoms with Crippen LogP contribution in [0, 0.1) is 6.92 Å². The summed E-state index contributed by atoms with van der Waals surface area (Å²) in [6.07, 6.45) is 2.57. The fourth-order valence-electron chi connectivity index (χ4n) is 4.58. The minimum atomic E-state index is 0. The van der Waals surface area contributed by atoms with E-state index in [0.717, 1.165) is 55.7 Å². The maximum atomic E-state index is 10.9. The van der Waals surface area contributed by atoms with Gasteiger partial charge in [-0.15, -0.1) is 20.4 Å². The Morgan fingerprint density at radius 1 is 0.667 bits per heavy atom. The van der Waals surface area contributed by atoms with Gasteiger partial charge in [-0.05, 0) is 66.4 Å². The minimum absolute atomic E-state index is 0. The quantitative estimate of drug-likeness (QED) is 0.257. The van der Waals surface area contributed by atoms with Crippen LogP contribution in [0.25, 0.3) is 33.4 Å². The summed E-state index contributed by atoms with van der Waals surface area (Å²) in [5, 5.41) is 29.5. The number of rotatable bonds is 5. The van der Waals surface area contributed by atoms with Crippen LogP contribution in [0.15, 0.2) is 78.9 Å². The molecule has 1 N–H and O–H groups in total. The average molecular weight is 521 g/mol. The Morgan fingerprint density at radius 3 is 1.69 bits per heavy atom. The largest absolute Gasteiger partial charge is 0.508 e. The summed E-state index contributed by atoms with van der Waals surface area (Å²) in [4.78, 5) is 3.29. The summed E-state index contributed by atoms with van der Waals surface area (Å²) in [7, 11) is 0. The molecule has 0 atom stereocenters. The predicted molar refractivity (Wildman–Crippen MR) is 159 cm³/mol. The lowest BCUT2D eigenvalue weighted by atomic mass is 9.95. The molecule has 0 amide bonds. The van der Waals surface area contributed by atoms with Crippen molar-refractivity contribution in [3.8, 4) is 17.1 Å². The van der Waals surface area contributed by atoms with E-state index in [1.54, 1.807) is 15.7 Å². The lowest BCUT2D eigenvalue weighted by molar-refractivity contribution is 0.467. The first kappa shape index (κ1) is 27.5. The van der Waals surface area contributed by atoms with Gasteiger partial charge in [0.15, 0.2) is 0 Å². The second-order valence-electron chi connectivity index (χ2n) is 9.43. The normalized spacial score (nSPS) is 10.8. The number of hydrogen-bond donors (Lipinski definition) is 1. The zero-order valence-corrected chi connectivity index (χ0v) is 22.3. The van der Waals surface area contributed by atoms with E-state index in [2.05, 4.69) is 62.2 Å². The van der Waals surface area contributed by atoms with Gasteiger partial charge in [-0.1, -0.05) is 76.6 Å². The monoisotopic (exact) mass is 520 g/mol. The molecule has 200 valence electrons. The molecule has 2 heterocycles. The molecule has 0 radical (unpaired) electrons. The minimum Gasteiger partial charge on any atom is -0.508 e. The second-order valence-corrected chi connectivity index (χ2v) is 9.43. The van der Waals surface area contributed by atoms with E-state index in [0.29, 0.717) is 12.8 Å². The van der Waals surface area contributed by atoms with Gasteiger partial charge in [0.2, 0.25) is 0 Å². The summed E-state index contributed by atoms with van der Waals surface area (Å²) in [5.74, 6) is 0.249. The number of nitrogens with zero attached hydrogens (tertiary/aromatic N) is 6. The number of phenolic OH excluding ortho intramolecular Hbond substituents is 1. The topological polar surface area (TPSA) is 81.6 Å². The first-order chi connectivity index (χ1) is 18.5. The zero-order chi connectivity index (χ0) is 26.6. The molecule has 6 rings (SSSR count). The van der Waals surface area contributed by atoms with Crippen molar-refractivity contribution in [2.24, 2.45) is 0 Å². The molecular weight excluding hydrogens is 484 g/mol. The van der Waals surface area contributed by atoms with Crippen LogP contribution < -0.4 is 0 Å². The van der Waals surface area contributed by atoms with Gasteiger partial charge in [-0.2, -0.15) is 9.59 Å². The SMILES string of the molecule is C.CCC.CCc1c(O)cc(-n2nc3ccccc3n2)cc1Cc1cc(C)ccc1-n1nc2ccccc2n1. The van der Waals surface area contributed by atoms with Crippen molar-refractivity contribution in [1.82, 2.24) is 30.0 Å². The Hall–Kier alpha value is -4.52. The van der Waals surface area contributed by atoms with Gasteiger partial charge >= 0.3 is 0 Å². The third kappa shape index (κ3) is 5.67. The lowest BCUT2D eigenvalue weighted by Crippen LogP contribution is -2.07. The van der Waals surface area contributed by atoms with Gasteiger partial charge < -0.3 is 5.11 Å². The van der Waals surface area contributed by atoms with Crippen molar-refractivity contribution in [1.29, 1.82) is 0 Å². The number of hydrogen-bond acceptors (Lipinski definition) is 5. The average Bonchev–Trinajstić information content (AvgIpc) is 3.53. The van der Waals surface area contributed by atoms with E-state index in [9.17, 15) is 5.11 Å². The van der Waals surface area contributed by atoms with Crippen LogP contribution in [0.1, 0.15) is 56.9 Å². The smallest absolute Gasteiger partial charge is 0.121 e. The molecule has 7 heteroatoms. The molecule has 7 nitrogen and oxygen atoms in total. The number of benzene rings is 4. The van der Waals surface area contributed by atoms with Crippen LogP contribution in [0.4, 0.5) is 0 Å². The van der Waals surface area contributed by atoms with Crippen molar-refractivity contribution in [3.63, 3.8) is 0 Å². The highest BCUT2D eigenvalue weighted by Crippen LogP contribution is 2.30. The first-order valence-electron chi connectivity index (χ1n) is 13.1. The highest BCUT2D eigenvalue weighted by atomic mass is 16.3. The molecule has 0 aliphatic rings. The van der Waals surface area contributed by atoms with Gasteiger partial charge in [0.25, 0.3) is 0 Å². The Bertz CT molecular complexity index is 1650. The summed E-state index contributed by atoms with van der Waals surface area (Å²) < 4.78 is 0. The van der Waals surface area contributed by atoms with E-state index in [-0.39, 0.29) is 13.2 Å². The number of aromatic hydroxyl groups is 1.